The van der Waals surface area contributed by atoms with Crippen molar-refractivity contribution in [3.63, 3.8) is 0 Å². The molecule has 2 aromatic carbocycles. The van der Waals surface area contributed by atoms with Gasteiger partial charge in [0, 0.05) is 26.2 Å². The minimum Gasteiger partial charge on any atom is -0.371 e. The van der Waals surface area contributed by atoms with Crippen LogP contribution in [0.3, 0.4) is 0 Å². The molecule has 0 radical (unpaired) electrons. The van der Waals surface area contributed by atoms with E-state index < -0.39 is 11.8 Å². The quantitative estimate of drug-likeness (QED) is 0.773. The van der Waals surface area contributed by atoms with Crippen LogP contribution in [-0.4, -0.2) is 49.5 Å². The molecular weight excluding hydrogens is 366 g/mol. The van der Waals surface area contributed by atoms with Crippen molar-refractivity contribution in [1.29, 1.82) is 0 Å². The molecule has 1 unspecified atom stereocenters. The lowest BCUT2D eigenvalue weighted by Gasteiger charge is -2.33. The first-order chi connectivity index (χ1) is 13.1. The van der Waals surface area contributed by atoms with Gasteiger partial charge in [-0.25, -0.2) is 0 Å². The molecule has 1 aliphatic heterocycles. The molecule has 0 aromatic heterocycles. The number of carbonyl (C=O) groups excluding carboxylic acids is 2. The number of rotatable bonds is 5. The van der Waals surface area contributed by atoms with E-state index in [2.05, 4.69) is 27.7 Å². The predicted octanol–water partition coefficient (Wildman–Crippen LogP) is 2.47. The normalized spacial score (nSPS) is 17.3. The zero-order valence-corrected chi connectivity index (χ0v) is 15.6. The minimum atomic E-state index is -0.729. The molecule has 0 spiro atoms. The molecule has 6 nitrogen and oxygen atoms in total. The average molecular weight is 388 g/mol. The Labute approximate surface area is 163 Å². The van der Waals surface area contributed by atoms with E-state index in [0.29, 0.717) is 30.4 Å². The molecule has 0 bridgehead atoms. The molecule has 1 saturated heterocycles. The van der Waals surface area contributed by atoms with Crippen LogP contribution in [0.1, 0.15) is 11.7 Å². The maximum absolute atomic E-state index is 12.0. The number of nitrogens with zero attached hydrogens (tertiary/aromatic N) is 1. The maximum Gasteiger partial charge on any atom is 0.313 e. The third-order valence-electron chi connectivity index (χ3n) is 4.36. The number of ether oxygens (including phenoxy) is 1. The summed E-state index contributed by atoms with van der Waals surface area (Å²) in [5.41, 5.74) is 1.56. The largest absolute Gasteiger partial charge is 0.371 e. The number of benzene rings is 2. The van der Waals surface area contributed by atoms with Gasteiger partial charge in [-0.1, -0.05) is 54.1 Å². The second-order valence-electron chi connectivity index (χ2n) is 6.26. The predicted molar refractivity (Wildman–Crippen MR) is 105 cm³/mol. The Morgan fingerprint density at radius 2 is 1.81 bits per heavy atom. The number of hydrogen-bond acceptors (Lipinski definition) is 4. The molecule has 3 rings (SSSR count). The van der Waals surface area contributed by atoms with E-state index >= 15 is 0 Å². The first-order valence-corrected chi connectivity index (χ1v) is 9.24. The van der Waals surface area contributed by atoms with Gasteiger partial charge in [0.25, 0.3) is 0 Å². The van der Waals surface area contributed by atoms with E-state index in [1.165, 1.54) is 0 Å². The van der Waals surface area contributed by atoms with Crippen LogP contribution in [0.25, 0.3) is 0 Å². The van der Waals surface area contributed by atoms with Crippen LogP contribution in [-0.2, 0) is 14.3 Å². The second-order valence-corrected chi connectivity index (χ2v) is 6.67. The van der Waals surface area contributed by atoms with E-state index in [-0.39, 0.29) is 6.10 Å². The molecule has 1 atom stereocenters. The molecule has 0 saturated carbocycles. The van der Waals surface area contributed by atoms with Crippen LogP contribution in [0.15, 0.2) is 54.6 Å². The Morgan fingerprint density at radius 1 is 1.07 bits per heavy atom. The van der Waals surface area contributed by atoms with E-state index in [0.717, 1.165) is 18.7 Å². The van der Waals surface area contributed by atoms with Gasteiger partial charge in [-0.05, 0) is 17.7 Å². The number of hydrogen-bond donors (Lipinski definition) is 2. The monoisotopic (exact) mass is 387 g/mol. The number of halogens is 1. The summed E-state index contributed by atoms with van der Waals surface area (Å²) < 4.78 is 5.83. The molecule has 2 N–H and O–H groups in total. The van der Waals surface area contributed by atoms with Gasteiger partial charge in [0.15, 0.2) is 0 Å². The Balaban J connectivity index is 1.43. The van der Waals surface area contributed by atoms with E-state index in [1.807, 2.05) is 18.2 Å². The molecule has 27 heavy (non-hydrogen) atoms. The molecule has 2 amide bonds. The topological polar surface area (TPSA) is 70.7 Å². The van der Waals surface area contributed by atoms with E-state index in [9.17, 15) is 9.59 Å². The maximum atomic E-state index is 12.0. The molecule has 1 heterocycles. The number of anilines is 1. The first kappa shape index (κ1) is 19.4. The van der Waals surface area contributed by atoms with Crippen molar-refractivity contribution in [3.8, 4) is 0 Å². The molecule has 1 aliphatic rings. The van der Waals surface area contributed by atoms with Gasteiger partial charge in [0.2, 0.25) is 0 Å². The Morgan fingerprint density at radius 3 is 2.59 bits per heavy atom. The summed E-state index contributed by atoms with van der Waals surface area (Å²) in [4.78, 5) is 26.2. The first-order valence-electron chi connectivity index (χ1n) is 8.86. The van der Waals surface area contributed by atoms with Gasteiger partial charge in [-0.2, -0.15) is 0 Å². The van der Waals surface area contributed by atoms with Crippen LogP contribution in [0, 0.1) is 0 Å². The van der Waals surface area contributed by atoms with Gasteiger partial charge in [0.1, 0.15) is 0 Å². The summed E-state index contributed by atoms with van der Waals surface area (Å²) in [7, 11) is 0. The van der Waals surface area contributed by atoms with Crippen molar-refractivity contribution in [3.05, 3.63) is 65.2 Å². The number of para-hydroxylation sites is 1. The highest BCUT2D eigenvalue weighted by molar-refractivity contribution is 6.41. The SMILES string of the molecule is O=C(NCCN1CCOC(c2ccccc2)C1)C(=O)Nc1ccccc1Cl. The fourth-order valence-electron chi connectivity index (χ4n) is 2.92. The van der Waals surface area contributed by atoms with Gasteiger partial charge in [-0.3, -0.25) is 14.5 Å². The zero-order valence-electron chi connectivity index (χ0n) is 14.9. The van der Waals surface area contributed by atoms with Crippen LogP contribution < -0.4 is 10.6 Å². The van der Waals surface area contributed by atoms with Gasteiger partial charge >= 0.3 is 11.8 Å². The molecular formula is C20H22ClN3O3. The van der Waals surface area contributed by atoms with Gasteiger partial charge in [-0.15, -0.1) is 0 Å². The van der Waals surface area contributed by atoms with Crippen molar-refractivity contribution in [2.45, 2.75) is 6.10 Å². The van der Waals surface area contributed by atoms with Crippen molar-refractivity contribution in [1.82, 2.24) is 10.2 Å². The highest BCUT2D eigenvalue weighted by Gasteiger charge is 2.22. The van der Waals surface area contributed by atoms with E-state index in [1.54, 1.807) is 24.3 Å². The van der Waals surface area contributed by atoms with Crippen molar-refractivity contribution >= 4 is 29.1 Å². The lowest BCUT2D eigenvalue weighted by molar-refractivity contribution is -0.136. The standard InChI is InChI=1S/C20H22ClN3O3/c21-16-8-4-5-9-17(16)23-20(26)19(25)22-10-11-24-12-13-27-18(14-24)15-6-2-1-3-7-15/h1-9,18H,10-14H2,(H,22,25)(H,23,26). The fraction of sp³-hybridized carbons (Fsp3) is 0.300. The molecule has 0 aliphatic carbocycles. The minimum absolute atomic E-state index is 0.0270. The zero-order chi connectivity index (χ0) is 19.1. The molecule has 1 fully saturated rings. The number of morpholine rings is 1. The smallest absolute Gasteiger partial charge is 0.313 e. The van der Waals surface area contributed by atoms with Crippen LogP contribution in [0.5, 0.6) is 0 Å². The lowest BCUT2D eigenvalue weighted by Crippen LogP contribution is -2.44. The molecule has 7 heteroatoms. The van der Waals surface area contributed by atoms with E-state index in [4.69, 9.17) is 16.3 Å². The number of amides is 2. The average Bonchev–Trinajstić information content (AvgIpc) is 2.70. The Hall–Kier alpha value is -2.41. The summed E-state index contributed by atoms with van der Waals surface area (Å²) in [5, 5.41) is 5.55. The highest BCUT2D eigenvalue weighted by Crippen LogP contribution is 2.22. The van der Waals surface area contributed by atoms with Crippen molar-refractivity contribution < 1.29 is 14.3 Å². The summed E-state index contributed by atoms with van der Waals surface area (Å²) in [6.45, 7) is 3.23. The van der Waals surface area contributed by atoms with Gasteiger partial charge < -0.3 is 15.4 Å². The summed E-state index contributed by atoms with van der Waals surface area (Å²) in [6.07, 6.45) is 0.0270. The molecule has 2 aromatic rings. The molecule has 142 valence electrons. The van der Waals surface area contributed by atoms with Crippen LogP contribution in [0.4, 0.5) is 5.69 Å². The third kappa shape index (κ3) is 5.53. The Kier molecular flexibility index (Phi) is 6.81. The lowest BCUT2D eigenvalue weighted by atomic mass is 10.1. The van der Waals surface area contributed by atoms with Crippen molar-refractivity contribution in [2.24, 2.45) is 0 Å². The number of carbonyl (C=O) groups is 2. The Bertz CT molecular complexity index is 785. The summed E-state index contributed by atoms with van der Waals surface area (Å²) >= 11 is 5.98. The highest BCUT2D eigenvalue weighted by atomic mass is 35.5. The summed E-state index contributed by atoms with van der Waals surface area (Å²) in [6, 6.07) is 16.9. The van der Waals surface area contributed by atoms with Crippen molar-refractivity contribution in [2.75, 3.05) is 38.1 Å². The van der Waals surface area contributed by atoms with Crippen LogP contribution in [0.2, 0.25) is 5.02 Å². The summed E-state index contributed by atoms with van der Waals surface area (Å²) in [5.74, 6) is -1.41. The van der Waals surface area contributed by atoms with Gasteiger partial charge in [0.05, 0.1) is 23.4 Å². The van der Waals surface area contributed by atoms with Crippen LogP contribution >= 0.6 is 11.6 Å². The fourth-order valence-corrected chi connectivity index (χ4v) is 3.11. The number of nitrogens with one attached hydrogen (secondary N) is 2. The third-order valence-corrected chi connectivity index (χ3v) is 4.69. The second kappa shape index (κ2) is 9.50.